The minimum absolute atomic E-state index is 0.00738. The Morgan fingerprint density at radius 1 is 1.23 bits per heavy atom. The zero-order valence-electron chi connectivity index (χ0n) is 20.3. The highest BCUT2D eigenvalue weighted by Gasteiger charge is 2.53. The molecule has 1 unspecified atom stereocenters. The maximum absolute atomic E-state index is 13.6. The zero-order valence-corrected chi connectivity index (χ0v) is 21.9. The van der Waals surface area contributed by atoms with Gasteiger partial charge in [0.25, 0.3) is 0 Å². The van der Waals surface area contributed by atoms with Crippen molar-refractivity contribution in [3.05, 3.63) is 42.2 Å². The summed E-state index contributed by atoms with van der Waals surface area (Å²) in [5, 5.41) is 10.0. The van der Waals surface area contributed by atoms with Crippen LogP contribution in [0.4, 0.5) is 15.8 Å². The molecular weight excluding hydrogens is 487 g/mol. The van der Waals surface area contributed by atoms with Crippen LogP contribution in [0.15, 0.2) is 46.2 Å². The Kier molecular flexibility index (Phi) is 6.38. The summed E-state index contributed by atoms with van der Waals surface area (Å²) in [6.07, 6.45) is 5.00. The molecule has 1 aliphatic heterocycles. The first-order valence-corrected chi connectivity index (χ1v) is 13.9. The van der Waals surface area contributed by atoms with E-state index in [1.54, 1.807) is 42.0 Å². The van der Waals surface area contributed by atoms with Crippen molar-refractivity contribution in [1.82, 2.24) is 4.31 Å². The van der Waals surface area contributed by atoms with Crippen LogP contribution in [0.2, 0.25) is 0 Å². The Hall–Kier alpha value is -2.10. The highest BCUT2D eigenvalue weighted by molar-refractivity contribution is 8.00. The molecule has 0 bridgehead atoms. The van der Waals surface area contributed by atoms with Gasteiger partial charge < -0.3 is 14.7 Å². The topological polar surface area (TPSA) is 70.1 Å². The first kappa shape index (κ1) is 24.6. The molecule has 1 atom stereocenters. The fourth-order valence-electron chi connectivity index (χ4n) is 4.66. The molecule has 2 aromatic carbocycles. The normalized spacial score (nSPS) is 21.8. The van der Waals surface area contributed by atoms with Crippen LogP contribution in [0, 0.1) is 16.6 Å². The SMILES string of the molecule is CN1CCN(c2ccc(F)cc2)c2cc(SC3CC4(CC4)C3)c(OCC(C)(C)C(=O)O)cc2S1=O. The van der Waals surface area contributed by atoms with E-state index in [0.717, 1.165) is 16.3 Å². The van der Waals surface area contributed by atoms with E-state index in [2.05, 4.69) is 4.90 Å². The van der Waals surface area contributed by atoms with E-state index in [-0.39, 0.29) is 12.4 Å². The van der Waals surface area contributed by atoms with Gasteiger partial charge in [0.2, 0.25) is 0 Å². The van der Waals surface area contributed by atoms with Crippen LogP contribution in [-0.2, 0) is 15.8 Å². The van der Waals surface area contributed by atoms with Crippen LogP contribution in [0.5, 0.6) is 5.75 Å². The first-order chi connectivity index (χ1) is 16.6. The minimum Gasteiger partial charge on any atom is -0.491 e. The number of carboxylic acids is 1. The number of hydrogen-bond donors (Lipinski definition) is 1. The molecule has 35 heavy (non-hydrogen) atoms. The lowest BCUT2D eigenvalue weighted by Crippen LogP contribution is -2.31. The summed E-state index contributed by atoms with van der Waals surface area (Å²) in [7, 11) is 0.395. The zero-order chi connectivity index (χ0) is 25.0. The van der Waals surface area contributed by atoms with Crippen molar-refractivity contribution in [3.8, 4) is 5.75 Å². The third-order valence-corrected chi connectivity index (χ3v) is 10.00. The molecule has 2 aliphatic carbocycles. The highest BCUT2D eigenvalue weighted by atomic mass is 32.2. The summed E-state index contributed by atoms with van der Waals surface area (Å²) in [6, 6.07) is 10.2. The lowest BCUT2D eigenvalue weighted by atomic mass is 9.81. The number of ether oxygens (including phenoxy) is 1. The number of thioether (sulfide) groups is 1. The number of rotatable bonds is 7. The van der Waals surface area contributed by atoms with Gasteiger partial charge in [0.15, 0.2) is 0 Å². The van der Waals surface area contributed by atoms with E-state index in [4.69, 9.17) is 4.74 Å². The van der Waals surface area contributed by atoms with Gasteiger partial charge in [-0.2, -0.15) is 0 Å². The predicted molar refractivity (Wildman–Crippen MR) is 136 cm³/mol. The van der Waals surface area contributed by atoms with Gasteiger partial charge in [0.1, 0.15) is 29.2 Å². The van der Waals surface area contributed by atoms with Gasteiger partial charge in [0, 0.05) is 37.1 Å². The molecule has 2 fully saturated rings. The molecule has 6 nitrogen and oxygen atoms in total. The molecule has 0 aromatic heterocycles. The van der Waals surface area contributed by atoms with Crippen molar-refractivity contribution < 1.29 is 23.2 Å². The van der Waals surface area contributed by atoms with E-state index in [9.17, 15) is 18.5 Å². The Balaban J connectivity index is 1.54. The molecule has 2 aromatic rings. The van der Waals surface area contributed by atoms with Gasteiger partial charge in [-0.15, -0.1) is 11.8 Å². The van der Waals surface area contributed by atoms with Crippen LogP contribution >= 0.6 is 11.8 Å². The van der Waals surface area contributed by atoms with Gasteiger partial charge >= 0.3 is 5.97 Å². The third-order valence-electron chi connectivity index (χ3n) is 7.30. The van der Waals surface area contributed by atoms with Crippen LogP contribution < -0.4 is 9.64 Å². The Labute approximate surface area is 212 Å². The van der Waals surface area contributed by atoms with Crippen molar-refractivity contribution >= 4 is 40.1 Å². The molecule has 5 rings (SSSR count). The monoisotopic (exact) mass is 518 g/mol. The maximum atomic E-state index is 13.6. The second-order valence-corrected chi connectivity index (χ2v) is 13.5. The van der Waals surface area contributed by atoms with Gasteiger partial charge in [0.05, 0.1) is 20.9 Å². The standard InChI is InChI=1S/C26H31FN2O4S2/c1-25(2,24(30)31)16-33-21-13-23-20(12-22(21)34-19-14-26(15-19)8-9-26)29(11-10-28(3)35(23)32)18-6-4-17(27)5-7-18/h4-7,12-13,19H,8-11,14-16H2,1-3H3,(H,30,31). The Morgan fingerprint density at radius 3 is 2.54 bits per heavy atom. The summed E-state index contributed by atoms with van der Waals surface area (Å²) >= 11 is 1.77. The number of carbonyl (C=O) groups is 1. The van der Waals surface area contributed by atoms with Gasteiger partial charge in [-0.1, -0.05) is 0 Å². The maximum Gasteiger partial charge on any atom is 0.312 e. The molecular formula is C26H31FN2O4S2. The number of carboxylic acid groups (broad SMARTS) is 1. The van der Waals surface area contributed by atoms with Crippen molar-refractivity contribution in [2.75, 3.05) is 31.6 Å². The molecule has 3 aliphatic rings. The molecule has 0 amide bonds. The number of fused-ring (bicyclic) bond motifs is 1. The molecule has 1 heterocycles. The number of benzene rings is 2. The molecule has 188 valence electrons. The van der Waals surface area contributed by atoms with Crippen molar-refractivity contribution in [2.24, 2.45) is 10.8 Å². The van der Waals surface area contributed by atoms with Crippen LogP contribution in [-0.4, -0.2) is 51.6 Å². The smallest absolute Gasteiger partial charge is 0.312 e. The molecule has 9 heteroatoms. The third kappa shape index (κ3) is 4.95. The number of hydrogen-bond acceptors (Lipinski definition) is 5. The van der Waals surface area contributed by atoms with Gasteiger partial charge in [-0.3, -0.25) is 4.79 Å². The number of nitrogens with zero attached hydrogens (tertiary/aromatic N) is 2. The van der Waals surface area contributed by atoms with Gasteiger partial charge in [-0.25, -0.2) is 12.9 Å². The summed E-state index contributed by atoms with van der Waals surface area (Å²) in [6.45, 7) is 4.44. The number of halogens is 1. The minimum atomic E-state index is -1.42. The lowest BCUT2D eigenvalue weighted by molar-refractivity contribution is -0.148. The second-order valence-electron chi connectivity index (χ2n) is 10.6. The second kappa shape index (κ2) is 9.09. The molecule has 2 saturated carbocycles. The lowest BCUT2D eigenvalue weighted by Gasteiger charge is -2.36. The van der Waals surface area contributed by atoms with E-state index in [0.29, 0.717) is 34.4 Å². The summed E-state index contributed by atoms with van der Waals surface area (Å²) in [4.78, 5) is 15.3. The van der Waals surface area contributed by atoms with E-state index < -0.39 is 22.4 Å². The van der Waals surface area contributed by atoms with Crippen molar-refractivity contribution in [3.63, 3.8) is 0 Å². The first-order valence-electron chi connectivity index (χ1n) is 11.9. The highest BCUT2D eigenvalue weighted by Crippen LogP contribution is 2.64. The van der Waals surface area contributed by atoms with E-state index in [1.165, 1.54) is 37.8 Å². The largest absolute Gasteiger partial charge is 0.491 e. The Bertz CT molecular complexity index is 1160. The number of anilines is 2. The van der Waals surface area contributed by atoms with E-state index in [1.807, 2.05) is 19.2 Å². The van der Waals surface area contributed by atoms with E-state index >= 15 is 0 Å². The molecule has 0 radical (unpaired) electrons. The fraction of sp³-hybridized carbons (Fsp3) is 0.500. The number of aliphatic carboxylic acids is 1. The summed E-state index contributed by atoms with van der Waals surface area (Å²) in [5.74, 6) is -0.658. The van der Waals surface area contributed by atoms with Gasteiger partial charge in [-0.05, 0) is 75.3 Å². The summed E-state index contributed by atoms with van der Waals surface area (Å²) in [5.41, 5.74) is 1.14. The molecule has 0 saturated heterocycles. The van der Waals surface area contributed by atoms with Crippen molar-refractivity contribution in [2.45, 2.75) is 54.6 Å². The summed E-state index contributed by atoms with van der Waals surface area (Å²) < 4.78 is 35.0. The molecule has 1 spiro atoms. The van der Waals surface area contributed by atoms with Crippen LogP contribution in [0.25, 0.3) is 0 Å². The van der Waals surface area contributed by atoms with Crippen LogP contribution in [0.3, 0.4) is 0 Å². The quantitative estimate of drug-likeness (QED) is 0.525. The average molecular weight is 519 g/mol. The fourth-order valence-corrected chi connectivity index (χ4v) is 7.45. The molecule has 1 N–H and O–H groups in total. The van der Waals surface area contributed by atoms with Crippen molar-refractivity contribution in [1.29, 1.82) is 0 Å². The average Bonchev–Trinajstić information content (AvgIpc) is 3.60. The number of likely N-dealkylation sites (N-methyl/N-ethyl adjacent to an activating group) is 1. The predicted octanol–water partition coefficient (Wildman–Crippen LogP) is 5.46. The van der Waals surface area contributed by atoms with Crippen LogP contribution in [0.1, 0.15) is 39.5 Å². The Morgan fingerprint density at radius 2 is 1.91 bits per heavy atom.